The van der Waals surface area contributed by atoms with E-state index in [9.17, 15) is 14.4 Å². The summed E-state index contributed by atoms with van der Waals surface area (Å²) in [7, 11) is 0. The smallest absolute Gasteiger partial charge is 0.326 e. The van der Waals surface area contributed by atoms with Crippen molar-refractivity contribution in [2.24, 2.45) is 0 Å². The van der Waals surface area contributed by atoms with Crippen molar-refractivity contribution in [3.63, 3.8) is 0 Å². The number of nitrogens with zero attached hydrogens (tertiary/aromatic N) is 2. The van der Waals surface area contributed by atoms with Crippen molar-refractivity contribution >= 4 is 17.9 Å². The number of hydrogen-bond donors (Lipinski definition) is 2. The standard InChI is InChI=1S/C13H21N3O4/c17-11(15-7-1-2-8-15)5-6-14-13(20)16-9-3-4-10(16)12(18)19/h10H,1-9H2,(H,14,20)(H,18,19). The predicted octanol–water partition coefficient (Wildman–Crippen LogP) is 0.258. The van der Waals surface area contributed by atoms with E-state index in [1.807, 2.05) is 4.90 Å². The Morgan fingerprint density at radius 2 is 1.80 bits per heavy atom. The van der Waals surface area contributed by atoms with Gasteiger partial charge >= 0.3 is 12.0 Å². The van der Waals surface area contributed by atoms with Gasteiger partial charge in [-0.3, -0.25) is 4.79 Å². The normalized spacial score (nSPS) is 22.1. The van der Waals surface area contributed by atoms with Crippen LogP contribution in [-0.4, -0.2) is 65.0 Å². The molecule has 2 saturated heterocycles. The summed E-state index contributed by atoms with van der Waals surface area (Å²) in [6.07, 6.45) is 3.57. The molecular weight excluding hydrogens is 262 g/mol. The first-order valence-electron chi connectivity index (χ1n) is 7.14. The van der Waals surface area contributed by atoms with Crippen LogP contribution in [0.1, 0.15) is 32.1 Å². The molecule has 20 heavy (non-hydrogen) atoms. The molecule has 2 fully saturated rings. The van der Waals surface area contributed by atoms with Gasteiger partial charge in [-0.15, -0.1) is 0 Å². The summed E-state index contributed by atoms with van der Waals surface area (Å²) in [6.45, 7) is 2.33. The number of carboxylic acid groups (broad SMARTS) is 1. The average Bonchev–Trinajstić information content (AvgIpc) is 3.09. The highest BCUT2D eigenvalue weighted by molar-refractivity contribution is 5.83. The number of carboxylic acids is 1. The van der Waals surface area contributed by atoms with E-state index in [0.29, 0.717) is 19.4 Å². The van der Waals surface area contributed by atoms with Crippen molar-refractivity contribution in [3.05, 3.63) is 0 Å². The number of amides is 3. The molecule has 0 saturated carbocycles. The molecule has 0 aromatic carbocycles. The Bertz CT molecular complexity index is 393. The summed E-state index contributed by atoms with van der Waals surface area (Å²) in [5.41, 5.74) is 0. The molecule has 112 valence electrons. The number of urea groups is 1. The zero-order valence-corrected chi connectivity index (χ0v) is 11.5. The molecule has 0 aliphatic carbocycles. The highest BCUT2D eigenvalue weighted by atomic mass is 16.4. The van der Waals surface area contributed by atoms with E-state index in [-0.39, 0.29) is 24.9 Å². The van der Waals surface area contributed by atoms with Crippen LogP contribution in [0.3, 0.4) is 0 Å². The number of likely N-dealkylation sites (tertiary alicyclic amines) is 2. The van der Waals surface area contributed by atoms with Gasteiger partial charge in [0.25, 0.3) is 0 Å². The van der Waals surface area contributed by atoms with Gasteiger partial charge in [0.05, 0.1) is 0 Å². The van der Waals surface area contributed by atoms with E-state index in [2.05, 4.69) is 5.32 Å². The Hall–Kier alpha value is -1.79. The molecule has 0 aromatic rings. The molecule has 1 unspecified atom stereocenters. The first-order valence-corrected chi connectivity index (χ1v) is 7.14. The Morgan fingerprint density at radius 1 is 1.10 bits per heavy atom. The van der Waals surface area contributed by atoms with Gasteiger partial charge in [0, 0.05) is 32.6 Å². The number of rotatable bonds is 4. The van der Waals surface area contributed by atoms with E-state index < -0.39 is 12.0 Å². The minimum atomic E-state index is -0.967. The first kappa shape index (κ1) is 14.6. The van der Waals surface area contributed by atoms with Gasteiger partial charge in [0.15, 0.2) is 0 Å². The first-order chi connectivity index (χ1) is 9.59. The Kier molecular flexibility index (Phi) is 4.81. The zero-order valence-electron chi connectivity index (χ0n) is 11.5. The maximum atomic E-state index is 11.9. The maximum Gasteiger partial charge on any atom is 0.326 e. The number of nitrogens with one attached hydrogen (secondary N) is 1. The molecule has 2 heterocycles. The second-order valence-corrected chi connectivity index (χ2v) is 5.26. The lowest BCUT2D eigenvalue weighted by Gasteiger charge is -2.22. The van der Waals surface area contributed by atoms with Crippen molar-refractivity contribution in [1.82, 2.24) is 15.1 Å². The van der Waals surface area contributed by atoms with Crippen molar-refractivity contribution in [2.45, 2.75) is 38.1 Å². The van der Waals surface area contributed by atoms with Crippen LogP contribution < -0.4 is 5.32 Å². The zero-order chi connectivity index (χ0) is 14.5. The van der Waals surface area contributed by atoms with Gasteiger partial charge in [0.2, 0.25) is 5.91 Å². The molecule has 2 aliphatic rings. The van der Waals surface area contributed by atoms with Crippen LogP contribution in [-0.2, 0) is 9.59 Å². The van der Waals surface area contributed by atoms with Gasteiger partial charge in [-0.25, -0.2) is 9.59 Å². The highest BCUT2D eigenvalue weighted by Gasteiger charge is 2.33. The maximum absolute atomic E-state index is 11.9. The molecule has 7 heteroatoms. The summed E-state index contributed by atoms with van der Waals surface area (Å²) in [4.78, 5) is 37.8. The monoisotopic (exact) mass is 283 g/mol. The van der Waals surface area contributed by atoms with Crippen molar-refractivity contribution in [1.29, 1.82) is 0 Å². The van der Waals surface area contributed by atoms with Crippen LogP contribution >= 0.6 is 0 Å². The van der Waals surface area contributed by atoms with Crippen molar-refractivity contribution in [3.8, 4) is 0 Å². The Labute approximate surface area is 117 Å². The van der Waals surface area contributed by atoms with Gasteiger partial charge in [-0.05, 0) is 25.7 Å². The quantitative estimate of drug-likeness (QED) is 0.774. The average molecular weight is 283 g/mol. The lowest BCUT2D eigenvalue weighted by Crippen LogP contribution is -2.46. The molecule has 2 aliphatic heterocycles. The fourth-order valence-corrected chi connectivity index (χ4v) is 2.77. The third-order valence-corrected chi connectivity index (χ3v) is 3.87. The summed E-state index contributed by atoms with van der Waals surface area (Å²) >= 11 is 0. The van der Waals surface area contributed by atoms with Crippen LogP contribution in [0, 0.1) is 0 Å². The van der Waals surface area contributed by atoms with E-state index >= 15 is 0 Å². The highest BCUT2D eigenvalue weighted by Crippen LogP contribution is 2.17. The van der Waals surface area contributed by atoms with Crippen LogP contribution in [0.25, 0.3) is 0 Å². The molecule has 2 rings (SSSR count). The van der Waals surface area contributed by atoms with Crippen LogP contribution in [0.15, 0.2) is 0 Å². The summed E-state index contributed by atoms with van der Waals surface area (Å²) in [6, 6.07) is -1.12. The molecule has 0 bridgehead atoms. The molecule has 0 aromatic heterocycles. The Morgan fingerprint density at radius 3 is 2.45 bits per heavy atom. The summed E-state index contributed by atoms with van der Waals surface area (Å²) < 4.78 is 0. The predicted molar refractivity (Wildman–Crippen MR) is 71.2 cm³/mol. The van der Waals surface area contributed by atoms with Crippen LogP contribution in [0.4, 0.5) is 4.79 Å². The minimum absolute atomic E-state index is 0.0546. The van der Waals surface area contributed by atoms with E-state index in [4.69, 9.17) is 5.11 Å². The summed E-state index contributed by atoms with van der Waals surface area (Å²) in [5, 5.41) is 11.6. The van der Waals surface area contributed by atoms with Gasteiger partial charge in [-0.1, -0.05) is 0 Å². The lowest BCUT2D eigenvalue weighted by atomic mass is 10.2. The number of carbonyl (C=O) groups excluding carboxylic acids is 2. The molecule has 3 amide bonds. The molecule has 0 radical (unpaired) electrons. The molecule has 0 spiro atoms. The van der Waals surface area contributed by atoms with Crippen molar-refractivity contribution < 1.29 is 19.5 Å². The van der Waals surface area contributed by atoms with Crippen LogP contribution in [0.2, 0.25) is 0 Å². The van der Waals surface area contributed by atoms with Crippen molar-refractivity contribution in [2.75, 3.05) is 26.2 Å². The van der Waals surface area contributed by atoms with E-state index in [1.165, 1.54) is 4.90 Å². The van der Waals surface area contributed by atoms with Crippen LogP contribution in [0.5, 0.6) is 0 Å². The molecular formula is C13H21N3O4. The molecule has 2 N–H and O–H groups in total. The molecule has 7 nitrogen and oxygen atoms in total. The second kappa shape index (κ2) is 6.58. The van der Waals surface area contributed by atoms with Gasteiger partial charge in [-0.2, -0.15) is 0 Å². The number of aliphatic carboxylic acids is 1. The topological polar surface area (TPSA) is 90.0 Å². The fourth-order valence-electron chi connectivity index (χ4n) is 2.77. The SMILES string of the molecule is O=C(O)C1CCCN1C(=O)NCCC(=O)N1CCCC1. The van der Waals surface area contributed by atoms with E-state index in [0.717, 1.165) is 25.9 Å². The largest absolute Gasteiger partial charge is 0.480 e. The Balaban J connectivity index is 1.72. The third kappa shape index (κ3) is 3.40. The minimum Gasteiger partial charge on any atom is -0.480 e. The van der Waals surface area contributed by atoms with Gasteiger partial charge in [0.1, 0.15) is 6.04 Å². The summed E-state index contributed by atoms with van der Waals surface area (Å²) in [5.74, 6) is -0.912. The second-order valence-electron chi connectivity index (χ2n) is 5.26. The molecule has 1 atom stereocenters. The fraction of sp³-hybridized carbons (Fsp3) is 0.769. The van der Waals surface area contributed by atoms with Gasteiger partial charge < -0.3 is 20.2 Å². The lowest BCUT2D eigenvalue weighted by molar-refractivity contribution is -0.141. The van der Waals surface area contributed by atoms with E-state index in [1.54, 1.807) is 0 Å². The number of hydrogen-bond acceptors (Lipinski definition) is 3. The third-order valence-electron chi connectivity index (χ3n) is 3.87. The number of carbonyl (C=O) groups is 3.